The van der Waals surface area contributed by atoms with Gasteiger partial charge in [-0.3, -0.25) is 0 Å². The Morgan fingerprint density at radius 2 is 1.07 bits per heavy atom. The van der Waals surface area contributed by atoms with Gasteiger partial charge in [-0.25, -0.2) is 9.97 Å². The van der Waals surface area contributed by atoms with Crippen LogP contribution >= 0.6 is 11.3 Å². The van der Waals surface area contributed by atoms with E-state index in [1.54, 1.807) is 0 Å². The Balaban J connectivity index is 1.17. The van der Waals surface area contributed by atoms with Crippen molar-refractivity contribution in [2.24, 2.45) is 0 Å². The smallest absolute Gasteiger partial charge is 0.160 e. The van der Waals surface area contributed by atoms with Gasteiger partial charge in [-0.15, -0.1) is 11.3 Å². The number of nitrogens with zero attached hydrogens (tertiary/aromatic N) is 4. The van der Waals surface area contributed by atoms with E-state index in [1.165, 1.54) is 42.1 Å². The number of aromatic nitrogens is 3. The molecule has 0 atom stereocenters. The predicted octanol–water partition coefficient (Wildman–Crippen LogP) is 14.1. The van der Waals surface area contributed by atoms with Gasteiger partial charge >= 0.3 is 0 Å². The van der Waals surface area contributed by atoms with Crippen molar-refractivity contribution in [3.63, 3.8) is 0 Å². The summed E-state index contributed by atoms with van der Waals surface area (Å²) >= 11 is 1.86. The van der Waals surface area contributed by atoms with Crippen LogP contribution < -0.4 is 0 Å². The van der Waals surface area contributed by atoms with E-state index in [0.29, 0.717) is 11.4 Å². The number of nitriles is 1. The molecule has 0 saturated carbocycles. The van der Waals surface area contributed by atoms with Crippen LogP contribution in [0.3, 0.4) is 0 Å². The summed E-state index contributed by atoms with van der Waals surface area (Å²) in [5, 5.41) is 14.6. The molecule has 0 bridgehead atoms. The first-order valence-electron chi connectivity index (χ1n) is 19.3. The molecule has 0 aliphatic carbocycles. The third kappa shape index (κ3) is 5.75. The lowest BCUT2D eigenvalue weighted by atomic mass is 9.98. The van der Waals surface area contributed by atoms with Crippen LogP contribution in [-0.4, -0.2) is 14.5 Å². The van der Waals surface area contributed by atoms with Crippen molar-refractivity contribution in [1.82, 2.24) is 14.5 Å². The highest BCUT2D eigenvalue weighted by Gasteiger charge is 2.19. The van der Waals surface area contributed by atoms with Crippen LogP contribution in [0.25, 0.3) is 104 Å². The second-order valence-electron chi connectivity index (χ2n) is 14.5. The molecule has 11 rings (SSSR count). The summed E-state index contributed by atoms with van der Waals surface area (Å²) in [5.74, 6) is 0.666. The van der Waals surface area contributed by atoms with Crippen LogP contribution in [0.4, 0.5) is 0 Å². The molecule has 0 aliphatic rings. The van der Waals surface area contributed by atoms with E-state index in [2.05, 4.69) is 144 Å². The van der Waals surface area contributed by atoms with Gasteiger partial charge in [0.05, 0.1) is 34.1 Å². The predicted molar refractivity (Wildman–Crippen MR) is 241 cm³/mol. The molecular formula is C53H32N4S. The first kappa shape index (κ1) is 33.7. The molecule has 0 N–H and O–H groups in total. The molecule has 0 radical (unpaired) electrons. The van der Waals surface area contributed by atoms with Crippen LogP contribution in [0, 0.1) is 11.3 Å². The highest BCUT2D eigenvalue weighted by molar-refractivity contribution is 7.26. The van der Waals surface area contributed by atoms with E-state index in [4.69, 9.17) is 9.97 Å². The van der Waals surface area contributed by atoms with Gasteiger partial charge in [-0.2, -0.15) is 5.26 Å². The SMILES string of the molecule is N#Cc1ccc(-c2cc(-c3cc(-c4ccccc4)nc(-c4ccccc4)n3)cc(-n3c4ccccc4c4ccc(-c5cccc6c5sc5ccccc56)cc43)c2)cc1. The van der Waals surface area contributed by atoms with Gasteiger partial charge in [0.2, 0.25) is 0 Å². The highest BCUT2D eigenvalue weighted by atomic mass is 32.1. The molecule has 0 aliphatic heterocycles. The summed E-state index contributed by atoms with van der Waals surface area (Å²) in [7, 11) is 0. The molecule has 0 spiro atoms. The minimum absolute atomic E-state index is 0.625. The number of thiophene rings is 1. The number of rotatable bonds is 6. The maximum atomic E-state index is 9.64. The Morgan fingerprint density at radius 3 is 1.86 bits per heavy atom. The van der Waals surface area contributed by atoms with Crippen LogP contribution in [0.5, 0.6) is 0 Å². The summed E-state index contributed by atoms with van der Waals surface area (Å²) in [6, 6.07) is 70.3. The molecule has 0 fully saturated rings. The first-order chi connectivity index (χ1) is 28.7. The van der Waals surface area contributed by atoms with Crippen LogP contribution in [0.1, 0.15) is 5.56 Å². The number of hydrogen-bond acceptors (Lipinski definition) is 4. The average molecular weight is 757 g/mol. The van der Waals surface area contributed by atoms with Crippen molar-refractivity contribution >= 4 is 53.3 Å². The second kappa shape index (κ2) is 13.8. The largest absolute Gasteiger partial charge is 0.309 e. The molecule has 0 unspecified atom stereocenters. The summed E-state index contributed by atoms with van der Waals surface area (Å²) in [5.41, 5.74) is 12.9. The van der Waals surface area contributed by atoms with Gasteiger partial charge in [-0.1, -0.05) is 140 Å². The van der Waals surface area contributed by atoms with Gasteiger partial charge < -0.3 is 4.57 Å². The van der Waals surface area contributed by atoms with Crippen molar-refractivity contribution in [1.29, 1.82) is 5.26 Å². The molecule has 270 valence electrons. The maximum absolute atomic E-state index is 9.64. The quantitative estimate of drug-likeness (QED) is 0.170. The van der Waals surface area contributed by atoms with E-state index < -0.39 is 0 Å². The second-order valence-corrected chi connectivity index (χ2v) is 15.6. The zero-order valence-electron chi connectivity index (χ0n) is 31.2. The van der Waals surface area contributed by atoms with Crippen molar-refractivity contribution in [2.75, 3.05) is 0 Å². The van der Waals surface area contributed by atoms with E-state index >= 15 is 0 Å². The Morgan fingerprint density at radius 1 is 0.431 bits per heavy atom. The standard InChI is InChI=1S/C53H32N4S/c54-33-34-22-24-35(25-23-34)39-28-40(48-32-47(36-12-3-1-4-13-36)55-53(56-48)37-14-5-2-6-15-37)30-41(29-39)57-49-20-9-7-16-43(49)44-27-26-38(31-50(44)57)42-18-11-19-46-45-17-8-10-21-51(45)58-52(42)46/h1-32H. The first-order valence-corrected chi connectivity index (χ1v) is 20.1. The molecule has 8 aromatic carbocycles. The fourth-order valence-electron chi connectivity index (χ4n) is 8.25. The van der Waals surface area contributed by atoms with Gasteiger partial charge in [0.25, 0.3) is 0 Å². The zero-order chi connectivity index (χ0) is 38.6. The van der Waals surface area contributed by atoms with E-state index in [9.17, 15) is 5.26 Å². The molecule has 3 aromatic heterocycles. The molecule has 0 amide bonds. The van der Waals surface area contributed by atoms with Crippen molar-refractivity contribution < 1.29 is 0 Å². The van der Waals surface area contributed by atoms with Crippen LogP contribution in [-0.2, 0) is 0 Å². The fourth-order valence-corrected chi connectivity index (χ4v) is 9.49. The third-order valence-electron chi connectivity index (χ3n) is 11.0. The van der Waals surface area contributed by atoms with Crippen molar-refractivity contribution in [2.45, 2.75) is 0 Å². The normalized spacial score (nSPS) is 11.4. The summed E-state index contributed by atoms with van der Waals surface area (Å²) in [6.07, 6.45) is 0. The van der Waals surface area contributed by atoms with E-state index in [-0.39, 0.29) is 0 Å². The van der Waals surface area contributed by atoms with Crippen molar-refractivity contribution in [3.8, 4) is 67.9 Å². The minimum atomic E-state index is 0.625. The number of fused-ring (bicyclic) bond motifs is 6. The third-order valence-corrected chi connectivity index (χ3v) is 12.3. The monoisotopic (exact) mass is 756 g/mol. The fraction of sp³-hybridized carbons (Fsp3) is 0. The number of hydrogen-bond donors (Lipinski definition) is 0. The van der Waals surface area contributed by atoms with Gasteiger partial charge in [0.1, 0.15) is 0 Å². The minimum Gasteiger partial charge on any atom is -0.309 e. The van der Waals surface area contributed by atoms with Gasteiger partial charge in [-0.05, 0) is 76.9 Å². The number of para-hydroxylation sites is 1. The zero-order valence-corrected chi connectivity index (χ0v) is 32.0. The molecule has 0 saturated heterocycles. The van der Waals surface area contributed by atoms with Crippen molar-refractivity contribution in [3.05, 3.63) is 200 Å². The van der Waals surface area contributed by atoms with Gasteiger partial charge in [0, 0.05) is 53.3 Å². The Bertz CT molecular complexity index is 3330. The molecule has 11 aromatic rings. The lowest BCUT2D eigenvalue weighted by Crippen LogP contribution is -1.99. The Hall–Kier alpha value is -7.65. The van der Waals surface area contributed by atoms with Gasteiger partial charge in [0.15, 0.2) is 5.82 Å². The lowest BCUT2D eigenvalue weighted by Gasteiger charge is -2.15. The number of benzene rings is 8. The topological polar surface area (TPSA) is 54.5 Å². The lowest BCUT2D eigenvalue weighted by molar-refractivity contribution is 1.16. The highest BCUT2D eigenvalue weighted by Crippen LogP contribution is 2.42. The summed E-state index contributed by atoms with van der Waals surface area (Å²) in [6.45, 7) is 0. The summed E-state index contributed by atoms with van der Waals surface area (Å²) < 4.78 is 4.98. The molecular weight excluding hydrogens is 725 g/mol. The molecule has 5 heteroatoms. The van der Waals surface area contributed by atoms with E-state index in [0.717, 1.165) is 55.9 Å². The molecule has 4 nitrogen and oxygen atoms in total. The average Bonchev–Trinajstić information content (AvgIpc) is 3.85. The molecule has 58 heavy (non-hydrogen) atoms. The Labute approximate surface area is 339 Å². The Kier molecular flexibility index (Phi) is 8.03. The molecule has 3 heterocycles. The maximum Gasteiger partial charge on any atom is 0.160 e. The van der Waals surface area contributed by atoms with E-state index in [1.807, 2.05) is 72.0 Å². The van der Waals surface area contributed by atoms with Crippen LogP contribution in [0.15, 0.2) is 194 Å². The van der Waals surface area contributed by atoms with Crippen LogP contribution in [0.2, 0.25) is 0 Å². The summed E-state index contributed by atoms with van der Waals surface area (Å²) in [4.78, 5) is 10.3.